The summed E-state index contributed by atoms with van der Waals surface area (Å²) >= 11 is 2.05. The minimum atomic E-state index is 0.0653. The van der Waals surface area contributed by atoms with Crippen molar-refractivity contribution < 1.29 is 4.74 Å². The molecule has 0 aliphatic heterocycles. The summed E-state index contributed by atoms with van der Waals surface area (Å²) in [5.41, 5.74) is 0.0653. The van der Waals surface area contributed by atoms with Crippen molar-refractivity contribution in [3.63, 3.8) is 0 Å². The van der Waals surface area contributed by atoms with Gasteiger partial charge in [0, 0.05) is 19.3 Å². The Bertz CT molecular complexity index is 374. The zero-order valence-electron chi connectivity index (χ0n) is 9.78. The molecular weight excluding hydrogens is 317 g/mol. The number of rotatable bonds is 6. The van der Waals surface area contributed by atoms with Gasteiger partial charge in [-0.15, -0.1) is 0 Å². The minimum Gasteiger partial charge on any atom is -0.380 e. The van der Waals surface area contributed by atoms with Crippen LogP contribution in [0.5, 0.6) is 0 Å². The number of hydrogen-bond donors (Lipinski definition) is 0. The van der Waals surface area contributed by atoms with Crippen LogP contribution in [0.4, 0.5) is 0 Å². The van der Waals surface area contributed by atoms with E-state index in [4.69, 9.17) is 4.74 Å². The van der Waals surface area contributed by atoms with Gasteiger partial charge in [0.25, 0.3) is 5.56 Å². The summed E-state index contributed by atoms with van der Waals surface area (Å²) in [4.78, 5) is 11.6. The highest BCUT2D eigenvalue weighted by Gasteiger charge is 1.99. The highest BCUT2D eigenvalue weighted by atomic mass is 127. The Labute approximate surface area is 110 Å². The molecule has 1 aromatic heterocycles. The van der Waals surface area contributed by atoms with Crippen LogP contribution in [0.1, 0.15) is 20.3 Å². The molecule has 0 bridgehead atoms. The predicted molar refractivity (Wildman–Crippen MR) is 73.7 cm³/mol. The monoisotopic (exact) mass is 335 g/mol. The maximum Gasteiger partial charge on any atom is 0.264 e. The van der Waals surface area contributed by atoms with Gasteiger partial charge < -0.3 is 9.30 Å². The van der Waals surface area contributed by atoms with Crippen molar-refractivity contribution in [1.82, 2.24) is 4.57 Å². The molecule has 0 spiro atoms. The van der Waals surface area contributed by atoms with E-state index in [1.807, 2.05) is 12.1 Å². The van der Waals surface area contributed by atoms with Crippen molar-refractivity contribution >= 4 is 22.6 Å². The fourth-order valence-electron chi connectivity index (χ4n) is 1.27. The zero-order valence-corrected chi connectivity index (χ0v) is 11.9. The van der Waals surface area contributed by atoms with Gasteiger partial charge in [-0.1, -0.05) is 13.8 Å². The Morgan fingerprint density at radius 3 is 2.88 bits per heavy atom. The second kappa shape index (κ2) is 7.06. The number of pyridine rings is 1. The molecule has 0 saturated carbocycles. The average molecular weight is 335 g/mol. The van der Waals surface area contributed by atoms with Crippen molar-refractivity contribution in [3.05, 3.63) is 32.3 Å². The van der Waals surface area contributed by atoms with E-state index >= 15 is 0 Å². The minimum absolute atomic E-state index is 0.0653. The molecule has 1 aromatic rings. The molecule has 1 heterocycles. The van der Waals surface area contributed by atoms with Gasteiger partial charge in [-0.05, 0) is 47.1 Å². The molecule has 4 heteroatoms. The number of aromatic nitrogens is 1. The molecule has 90 valence electrons. The van der Waals surface area contributed by atoms with Crippen LogP contribution in [0.15, 0.2) is 23.1 Å². The number of halogens is 1. The molecule has 0 aromatic carbocycles. The van der Waals surface area contributed by atoms with Crippen molar-refractivity contribution in [1.29, 1.82) is 0 Å². The van der Waals surface area contributed by atoms with Crippen LogP contribution < -0.4 is 5.56 Å². The van der Waals surface area contributed by atoms with E-state index in [2.05, 4.69) is 36.4 Å². The van der Waals surface area contributed by atoms with Gasteiger partial charge in [0.2, 0.25) is 0 Å². The molecule has 0 unspecified atom stereocenters. The van der Waals surface area contributed by atoms with Crippen LogP contribution in [-0.4, -0.2) is 17.8 Å². The third-order valence-corrected chi connectivity index (χ3v) is 3.11. The first kappa shape index (κ1) is 13.7. The number of ether oxygens (including phenoxy) is 1. The molecule has 0 fully saturated rings. The van der Waals surface area contributed by atoms with Gasteiger partial charge in [-0.2, -0.15) is 0 Å². The smallest absolute Gasteiger partial charge is 0.264 e. The van der Waals surface area contributed by atoms with E-state index in [0.717, 1.165) is 16.6 Å². The normalized spacial score (nSPS) is 11.0. The Kier molecular flexibility index (Phi) is 6.05. The fourth-order valence-corrected chi connectivity index (χ4v) is 1.79. The van der Waals surface area contributed by atoms with Gasteiger partial charge in [-0.25, -0.2) is 0 Å². The quantitative estimate of drug-likeness (QED) is 0.591. The van der Waals surface area contributed by atoms with Crippen LogP contribution in [0.3, 0.4) is 0 Å². The average Bonchev–Trinajstić information content (AvgIpc) is 2.23. The highest BCUT2D eigenvalue weighted by Crippen LogP contribution is 1.99. The van der Waals surface area contributed by atoms with E-state index in [1.165, 1.54) is 0 Å². The van der Waals surface area contributed by atoms with Crippen molar-refractivity contribution in [2.45, 2.75) is 26.8 Å². The van der Waals surface area contributed by atoms with Crippen LogP contribution in [0.2, 0.25) is 0 Å². The predicted octanol–water partition coefficient (Wildman–Crippen LogP) is 2.52. The largest absolute Gasteiger partial charge is 0.380 e. The van der Waals surface area contributed by atoms with E-state index < -0.39 is 0 Å². The SMILES string of the molecule is CC(C)CCOCCn1cccc(I)c1=O. The lowest BCUT2D eigenvalue weighted by Gasteiger charge is -2.08. The topological polar surface area (TPSA) is 31.2 Å². The van der Waals surface area contributed by atoms with Gasteiger partial charge >= 0.3 is 0 Å². The van der Waals surface area contributed by atoms with Gasteiger partial charge in [-0.3, -0.25) is 4.79 Å². The maximum atomic E-state index is 11.6. The molecule has 0 radical (unpaired) electrons. The number of hydrogen-bond acceptors (Lipinski definition) is 2. The lowest BCUT2D eigenvalue weighted by atomic mass is 10.1. The molecule has 3 nitrogen and oxygen atoms in total. The van der Waals surface area contributed by atoms with Crippen molar-refractivity contribution in [2.24, 2.45) is 5.92 Å². The summed E-state index contributed by atoms with van der Waals surface area (Å²) in [6.07, 6.45) is 2.87. The summed E-state index contributed by atoms with van der Waals surface area (Å²) in [6.45, 7) is 6.36. The number of nitrogens with zero attached hydrogens (tertiary/aromatic N) is 1. The molecule has 0 amide bonds. The lowest BCUT2D eigenvalue weighted by Crippen LogP contribution is -2.23. The van der Waals surface area contributed by atoms with E-state index in [9.17, 15) is 4.79 Å². The molecule has 0 aliphatic carbocycles. The molecular formula is C12H18INO2. The second-order valence-corrected chi connectivity index (χ2v) is 5.31. The molecule has 0 saturated heterocycles. The first-order chi connectivity index (χ1) is 7.61. The lowest BCUT2D eigenvalue weighted by molar-refractivity contribution is 0.115. The van der Waals surface area contributed by atoms with E-state index in [0.29, 0.717) is 19.1 Å². The highest BCUT2D eigenvalue weighted by molar-refractivity contribution is 14.1. The Morgan fingerprint density at radius 2 is 2.19 bits per heavy atom. The first-order valence-corrected chi connectivity index (χ1v) is 6.62. The third-order valence-electron chi connectivity index (χ3n) is 2.29. The van der Waals surface area contributed by atoms with E-state index in [-0.39, 0.29) is 5.56 Å². The van der Waals surface area contributed by atoms with Crippen LogP contribution in [0, 0.1) is 9.49 Å². The summed E-state index contributed by atoms with van der Waals surface area (Å²) < 4.78 is 7.92. The molecule has 0 N–H and O–H groups in total. The molecule has 16 heavy (non-hydrogen) atoms. The van der Waals surface area contributed by atoms with Gasteiger partial charge in [0.1, 0.15) is 0 Å². The van der Waals surface area contributed by atoms with Crippen LogP contribution in [0.25, 0.3) is 0 Å². The Balaban J connectivity index is 2.32. The van der Waals surface area contributed by atoms with Crippen LogP contribution in [-0.2, 0) is 11.3 Å². The van der Waals surface area contributed by atoms with Gasteiger partial charge in [0.15, 0.2) is 0 Å². The fraction of sp³-hybridized carbons (Fsp3) is 0.583. The first-order valence-electron chi connectivity index (χ1n) is 5.54. The van der Waals surface area contributed by atoms with Gasteiger partial charge in [0.05, 0.1) is 10.2 Å². The molecule has 0 aliphatic rings. The van der Waals surface area contributed by atoms with Crippen LogP contribution >= 0.6 is 22.6 Å². The van der Waals surface area contributed by atoms with Crippen molar-refractivity contribution in [3.8, 4) is 0 Å². The summed E-state index contributed by atoms with van der Waals surface area (Å²) in [7, 11) is 0. The Hall–Kier alpha value is -0.360. The maximum absolute atomic E-state index is 11.6. The Morgan fingerprint density at radius 1 is 1.44 bits per heavy atom. The van der Waals surface area contributed by atoms with Crippen molar-refractivity contribution in [2.75, 3.05) is 13.2 Å². The zero-order chi connectivity index (χ0) is 12.0. The summed E-state index contributed by atoms with van der Waals surface area (Å²) in [6, 6.07) is 3.70. The summed E-state index contributed by atoms with van der Waals surface area (Å²) in [5, 5.41) is 0. The standard InChI is InChI=1S/C12H18INO2/c1-10(2)5-8-16-9-7-14-6-3-4-11(13)12(14)15/h3-4,6,10H,5,7-9H2,1-2H3. The third kappa shape index (κ3) is 4.65. The second-order valence-electron chi connectivity index (χ2n) is 4.15. The molecule has 1 rings (SSSR count). The summed E-state index contributed by atoms with van der Waals surface area (Å²) in [5.74, 6) is 0.667. The molecule has 0 atom stereocenters. The van der Waals surface area contributed by atoms with E-state index in [1.54, 1.807) is 10.8 Å².